The standard InChI is InChI=1S/C14H24N4O3S/c1-16-7-13(15-11-16)22(19,20)18-9-14(10-18)6-12(8-21-3)4-5-17(14)2/h7,11-12H,4-6,8-10H2,1-3H3/t12-/m0/s1. The van der Waals surface area contributed by atoms with Gasteiger partial charge in [0, 0.05) is 45.6 Å². The lowest BCUT2D eigenvalue weighted by atomic mass is 9.77. The summed E-state index contributed by atoms with van der Waals surface area (Å²) >= 11 is 0. The van der Waals surface area contributed by atoms with Crippen molar-refractivity contribution in [3.63, 3.8) is 0 Å². The van der Waals surface area contributed by atoms with Crippen LogP contribution in [0.25, 0.3) is 0 Å². The van der Waals surface area contributed by atoms with Crippen molar-refractivity contribution in [3.05, 3.63) is 12.5 Å². The Morgan fingerprint density at radius 2 is 2.14 bits per heavy atom. The number of rotatable bonds is 4. The molecule has 8 heteroatoms. The molecule has 0 unspecified atom stereocenters. The molecule has 0 N–H and O–H groups in total. The minimum Gasteiger partial charge on any atom is -0.384 e. The molecule has 1 aromatic rings. The molecule has 3 heterocycles. The van der Waals surface area contributed by atoms with Crippen LogP contribution in [-0.2, 0) is 21.8 Å². The third kappa shape index (κ3) is 2.58. The average Bonchev–Trinajstić information content (AvgIpc) is 2.86. The van der Waals surface area contributed by atoms with Crippen LogP contribution in [0.3, 0.4) is 0 Å². The van der Waals surface area contributed by atoms with Gasteiger partial charge in [0.2, 0.25) is 0 Å². The number of aryl methyl sites for hydroxylation is 1. The lowest BCUT2D eigenvalue weighted by Gasteiger charge is -2.57. The Balaban J connectivity index is 1.72. The Labute approximate surface area is 131 Å². The summed E-state index contributed by atoms with van der Waals surface area (Å²) in [6.07, 6.45) is 5.17. The molecule has 2 aliphatic heterocycles. The lowest BCUT2D eigenvalue weighted by molar-refractivity contribution is -0.0548. The summed E-state index contributed by atoms with van der Waals surface area (Å²) in [6, 6.07) is 0. The van der Waals surface area contributed by atoms with Crippen LogP contribution in [0.4, 0.5) is 0 Å². The minimum absolute atomic E-state index is 0.0384. The van der Waals surface area contributed by atoms with Crippen LogP contribution in [0.15, 0.2) is 17.6 Å². The van der Waals surface area contributed by atoms with Crippen molar-refractivity contribution in [2.24, 2.45) is 13.0 Å². The minimum atomic E-state index is -3.47. The molecule has 0 aromatic carbocycles. The Hall–Kier alpha value is -0.960. The molecule has 124 valence electrons. The zero-order chi connectivity index (χ0) is 16.0. The molecule has 3 rings (SSSR count). The zero-order valence-electron chi connectivity index (χ0n) is 13.4. The molecule has 7 nitrogen and oxygen atoms in total. The number of likely N-dealkylation sites (tertiary alicyclic amines) is 1. The summed E-state index contributed by atoms with van der Waals surface area (Å²) in [5.74, 6) is 0.515. The SMILES string of the molecule is COC[C@H]1CCN(C)C2(C1)CN(S(=O)(=O)c1cn(C)cn1)C2. The maximum Gasteiger partial charge on any atom is 0.262 e. The molecule has 22 heavy (non-hydrogen) atoms. The second-order valence-electron chi connectivity index (χ2n) is 6.61. The predicted molar refractivity (Wildman–Crippen MR) is 81.9 cm³/mol. The highest BCUT2D eigenvalue weighted by Gasteiger charge is 2.53. The van der Waals surface area contributed by atoms with Gasteiger partial charge in [-0.15, -0.1) is 0 Å². The first-order valence-electron chi connectivity index (χ1n) is 7.56. The van der Waals surface area contributed by atoms with E-state index in [0.717, 1.165) is 26.0 Å². The molecular weight excluding hydrogens is 304 g/mol. The van der Waals surface area contributed by atoms with Crippen LogP contribution in [-0.4, -0.2) is 73.1 Å². The molecule has 1 atom stereocenters. The molecule has 0 amide bonds. The maximum absolute atomic E-state index is 12.6. The molecule has 2 fully saturated rings. The molecule has 0 aliphatic carbocycles. The topological polar surface area (TPSA) is 67.7 Å². The zero-order valence-corrected chi connectivity index (χ0v) is 14.2. The molecule has 2 saturated heterocycles. The van der Waals surface area contributed by atoms with Crippen molar-refractivity contribution in [1.29, 1.82) is 0 Å². The van der Waals surface area contributed by atoms with E-state index in [1.165, 1.54) is 6.33 Å². The van der Waals surface area contributed by atoms with Crippen LogP contribution < -0.4 is 0 Å². The van der Waals surface area contributed by atoms with Crippen molar-refractivity contribution in [3.8, 4) is 0 Å². The van der Waals surface area contributed by atoms with E-state index in [9.17, 15) is 8.42 Å². The van der Waals surface area contributed by atoms with Gasteiger partial charge in [-0.2, -0.15) is 4.31 Å². The molecule has 0 bridgehead atoms. The maximum atomic E-state index is 12.6. The van der Waals surface area contributed by atoms with Gasteiger partial charge in [-0.1, -0.05) is 0 Å². The number of hydrogen-bond acceptors (Lipinski definition) is 5. The fourth-order valence-corrected chi connectivity index (χ4v) is 5.16. The van der Waals surface area contributed by atoms with Gasteiger partial charge in [0.1, 0.15) is 0 Å². The number of likely N-dealkylation sites (N-methyl/N-ethyl adjacent to an activating group) is 1. The van der Waals surface area contributed by atoms with Crippen LogP contribution in [0.1, 0.15) is 12.8 Å². The summed E-state index contributed by atoms with van der Waals surface area (Å²) < 4.78 is 33.6. The van der Waals surface area contributed by atoms with Gasteiger partial charge in [-0.05, 0) is 32.4 Å². The van der Waals surface area contributed by atoms with E-state index in [-0.39, 0.29) is 10.6 Å². The Kier molecular flexibility index (Phi) is 4.05. The van der Waals surface area contributed by atoms with E-state index in [2.05, 4.69) is 16.9 Å². The van der Waals surface area contributed by atoms with Crippen molar-refractivity contribution in [1.82, 2.24) is 18.8 Å². The molecule has 0 saturated carbocycles. The Morgan fingerprint density at radius 1 is 1.41 bits per heavy atom. The summed E-state index contributed by atoms with van der Waals surface area (Å²) in [5, 5.41) is 0.136. The van der Waals surface area contributed by atoms with E-state index < -0.39 is 10.0 Å². The van der Waals surface area contributed by atoms with Gasteiger partial charge in [-0.25, -0.2) is 13.4 Å². The predicted octanol–water partition coefficient (Wildman–Crippen LogP) is 0.151. The summed E-state index contributed by atoms with van der Waals surface area (Å²) in [5.41, 5.74) is -0.0384. The first-order valence-corrected chi connectivity index (χ1v) is 9.00. The van der Waals surface area contributed by atoms with E-state index in [1.807, 2.05) is 0 Å². The van der Waals surface area contributed by atoms with Gasteiger partial charge in [0.15, 0.2) is 5.03 Å². The number of hydrogen-bond donors (Lipinski definition) is 0. The van der Waals surface area contributed by atoms with E-state index >= 15 is 0 Å². The summed E-state index contributed by atoms with van der Waals surface area (Å²) in [6.45, 7) is 2.83. The highest BCUT2D eigenvalue weighted by Crippen LogP contribution is 2.40. The molecular formula is C14H24N4O3S. The number of aromatic nitrogens is 2. The van der Waals surface area contributed by atoms with Crippen LogP contribution in [0.5, 0.6) is 0 Å². The fourth-order valence-electron chi connectivity index (χ4n) is 3.59. The monoisotopic (exact) mass is 328 g/mol. The molecule has 2 aliphatic rings. The first kappa shape index (κ1) is 15.9. The average molecular weight is 328 g/mol. The summed E-state index contributed by atoms with van der Waals surface area (Å²) in [7, 11) is 2.12. The van der Waals surface area contributed by atoms with E-state index in [0.29, 0.717) is 19.0 Å². The van der Waals surface area contributed by atoms with Gasteiger partial charge >= 0.3 is 0 Å². The highest BCUT2D eigenvalue weighted by atomic mass is 32.2. The van der Waals surface area contributed by atoms with E-state index in [1.54, 1.807) is 29.2 Å². The van der Waals surface area contributed by atoms with Crippen molar-refractivity contribution >= 4 is 10.0 Å². The van der Waals surface area contributed by atoms with Gasteiger partial charge in [-0.3, -0.25) is 4.90 Å². The summed E-state index contributed by atoms with van der Waals surface area (Å²) in [4.78, 5) is 6.30. The number of imidazole rings is 1. The smallest absolute Gasteiger partial charge is 0.262 e. The van der Waals surface area contributed by atoms with Gasteiger partial charge in [0.05, 0.1) is 6.33 Å². The van der Waals surface area contributed by atoms with Gasteiger partial charge < -0.3 is 9.30 Å². The normalized spacial score (nSPS) is 26.2. The third-order valence-electron chi connectivity index (χ3n) is 4.98. The van der Waals surface area contributed by atoms with Gasteiger partial charge in [0.25, 0.3) is 10.0 Å². The van der Waals surface area contributed by atoms with E-state index in [4.69, 9.17) is 4.74 Å². The second kappa shape index (κ2) is 5.59. The number of sulfonamides is 1. The van der Waals surface area contributed by atoms with Crippen LogP contribution in [0.2, 0.25) is 0 Å². The fraction of sp³-hybridized carbons (Fsp3) is 0.786. The molecule has 0 radical (unpaired) electrons. The van der Waals surface area contributed by atoms with Crippen molar-refractivity contribution in [2.75, 3.05) is 40.4 Å². The molecule has 1 aromatic heterocycles. The Bertz CT molecular complexity index is 636. The first-order chi connectivity index (χ1) is 10.4. The lowest BCUT2D eigenvalue weighted by Crippen LogP contribution is -2.72. The quantitative estimate of drug-likeness (QED) is 0.787. The van der Waals surface area contributed by atoms with Crippen molar-refractivity contribution in [2.45, 2.75) is 23.4 Å². The largest absolute Gasteiger partial charge is 0.384 e. The number of methoxy groups -OCH3 is 1. The highest BCUT2D eigenvalue weighted by molar-refractivity contribution is 7.89. The molecule has 1 spiro atoms. The number of ether oxygens (including phenoxy) is 1. The number of piperidine rings is 1. The Morgan fingerprint density at radius 3 is 2.73 bits per heavy atom. The third-order valence-corrected chi connectivity index (χ3v) is 6.66. The van der Waals surface area contributed by atoms with Crippen LogP contribution >= 0.6 is 0 Å². The number of nitrogens with zero attached hydrogens (tertiary/aromatic N) is 4. The second-order valence-corrected chi connectivity index (χ2v) is 8.50. The van der Waals surface area contributed by atoms with Crippen LogP contribution in [0, 0.1) is 5.92 Å². The van der Waals surface area contributed by atoms with Crippen molar-refractivity contribution < 1.29 is 13.2 Å².